The Morgan fingerprint density at radius 2 is 1.85 bits per heavy atom. The van der Waals surface area contributed by atoms with E-state index < -0.39 is 5.97 Å². The fourth-order valence-corrected chi connectivity index (χ4v) is 2.46. The molecule has 0 aromatic heterocycles. The van der Waals surface area contributed by atoms with Crippen molar-refractivity contribution < 1.29 is 19.1 Å². The van der Waals surface area contributed by atoms with Crippen LogP contribution in [-0.4, -0.2) is 25.1 Å². The van der Waals surface area contributed by atoms with E-state index in [0.29, 0.717) is 37.3 Å². The number of aryl methyl sites for hydroxylation is 1. The van der Waals surface area contributed by atoms with Gasteiger partial charge in [0.25, 0.3) is 0 Å². The summed E-state index contributed by atoms with van der Waals surface area (Å²) >= 11 is 0. The van der Waals surface area contributed by atoms with Gasteiger partial charge in [0.2, 0.25) is 5.91 Å². The zero-order chi connectivity index (χ0) is 18.9. The Labute approximate surface area is 154 Å². The second kappa shape index (κ2) is 9.61. The number of carbonyl (C=O) groups excluding carboxylic acids is 2. The fraction of sp³-hybridized carbons (Fsp3) is 0.333. The minimum Gasteiger partial charge on any atom is -0.493 e. The van der Waals surface area contributed by atoms with Gasteiger partial charge in [0.05, 0.1) is 18.8 Å². The Kier molecular flexibility index (Phi) is 7.21. The molecule has 0 saturated carbocycles. The van der Waals surface area contributed by atoms with Crippen LogP contribution in [0.15, 0.2) is 42.5 Å². The van der Waals surface area contributed by atoms with Crippen molar-refractivity contribution in [2.45, 2.75) is 33.6 Å². The SMILES string of the molecule is CCOC(=O)c1cccc(NC(=O)CCCOc2cccc(C)c2C)c1. The van der Waals surface area contributed by atoms with Crippen molar-refractivity contribution in [2.75, 3.05) is 18.5 Å². The van der Waals surface area contributed by atoms with Crippen molar-refractivity contribution in [2.24, 2.45) is 0 Å². The summed E-state index contributed by atoms with van der Waals surface area (Å²) in [6, 6.07) is 12.7. The summed E-state index contributed by atoms with van der Waals surface area (Å²) in [5, 5.41) is 2.80. The van der Waals surface area contributed by atoms with Crippen LogP contribution in [0.3, 0.4) is 0 Å². The third-order valence-corrected chi connectivity index (χ3v) is 4.02. The highest BCUT2D eigenvalue weighted by Gasteiger charge is 2.09. The van der Waals surface area contributed by atoms with Gasteiger partial charge in [0, 0.05) is 12.1 Å². The van der Waals surface area contributed by atoms with Crippen LogP contribution in [0.4, 0.5) is 5.69 Å². The second-order valence-electron chi connectivity index (χ2n) is 6.00. The van der Waals surface area contributed by atoms with Gasteiger partial charge in [-0.05, 0) is 62.6 Å². The Bertz CT molecular complexity index is 770. The molecular weight excluding hydrogens is 330 g/mol. The van der Waals surface area contributed by atoms with E-state index in [9.17, 15) is 9.59 Å². The minimum absolute atomic E-state index is 0.115. The third-order valence-electron chi connectivity index (χ3n) is 4.02. The van der Waals surface area contributed by atoms with Crippen LogP contribution in [0.1, 0.15) is 41.3 Å². The first kappa shape index (κ1) is 19.5. The van der Waals surface area contributed by atoms with Crippen LogP contribution in [0, 0.1) is 13.8 Å². The zero-order valence-corrected chi connectivity index (χ0v) is 15.5. The highest BCUT2D eigenvalue weighted by atomic mass is 16.5. The zero-order valence-electron chi connectivity index (χ0n) is 15.5. The summed E-state index contributed by atoms with van der Waals surface area (Å²) in [6.45, 7) is 6.61. The number of ether oxygens (including phenoxy) is 2. The number of amides is 1. The lowest BCUT2D eigenvalue weighted by molar-refractivity contribution is -0.116. The molecule has 0 saturated heterocycles. The van der Waals surface area contributed by atoms with Crippen LogP contribution in [0.25, 0.3) is 0 Å². The number of nitrogens with one attached hydrogen (secondary N) is 1. The standard InChI is InChI=1S/C21H25NO4/c1-4-25-21(24)17-9-6-10-18(14-17)22-20(23)12-7-13-26-19-11-5-8-15(2)16(19)3/h5-6,8-11,14H,4,7,12-13H2,1-3H3,(H,22,23). The molecule has 0 unspecified atom stereocenters. The molecule has 1 N–H and O–H groups in total. The van der Waals surface area contributed by atoms with E-state index in [1.807, 2.05) is 32.0 Å². The molecule has 26 heavy (non-hydrogen) atoms. The van der Waals surface area contributed by atoms with E-state index in [1.54, 1.807) is 31.2 Å². The number of benzene rings is 2. The molecule has 0 spiro atoms. The van der Waals surface area contributed by atoms with Crippen molar-refractivity contribution in [3.8, 4) is 5.75 Å². The van der Waals surface area contributed by atoms with E-state index >= 15 is 0 Å². The maximum atomic E-state index is 12.1. The predicted molar refractivity (Wildman–Crippen MR) is 102 cm³/mol. The van der Waals surface area contributed by atoms with Gasteiger partial charge in [-0.1, -0.05) is 18.2 Å². The van der Waals surface area contributed by atoms with E-state index in [0.717, 1.165) is 11.3 Å². The van der Waals surface area contributed by atoms with Crippen LogP contribution in [-0.2, 0) is 9.53 Å². The first-order valence-electron chi connectivity index (χ1n) is 8.77. The quantitative estimate of drug-likeness (QED) is 0.567. The molecule has 2 rings (SSSR count). The van der Waals surface area contributed by atoms with E-state index in [1.165, 1.54) is 5.56 Å². The molecule has 0 aliphatic carbocycles. The summed E-state index contributed by atoms with van der Waals surface area (Å²) in [6.07, 6.45) is 0.950. The molecule has 138 valence electrons. The van der Waals surface area contributed by atoms with E-state index in [4.69, 9.17) is 9.47 Å². The van der Waals surface area contributed by atoms with Crippen LogP contribution >= 0.6 is 0 Å². The molecule has 0 fully saturated rings. The number of esters is 1. The number of carbonyl (C=O) groups is 2. The van der Waals surface area contributed by atoms with Crippen molar-refractivity contribution >= 4 is 17.6 Å². The molecule has 5 nitrogen and oxygen atoms in total. The first-order valence-corrected chi connectivity index (χ1v) is 8.77. The van der Waals surface area contributed by atoms with E-state index in [2.05, 4.69) is 5.32 Å². The maximum absolute atomic E-state index is 12.1. The summed E-state index contributed by atoms with van der Waals surface area (Å²) in [5.41, 5.74) is 3.30. The van der Waals surface area contributed by atoms with Gasteiger partial charge >= 0.3 is 5.97 Å². The summed E-state index contributed by atoms with van der Waals surface area (Å²) in [5.74, 6) is 0.341. The topological polar surface area (TPSA) is 64.6 Å². The molecule has 0 bridgehead atoms. The number of hydrogen-bond donors (Lipinski definition) is 1. The van der Waals surface area contributed by atoms with Gasteiger partial charge in [-0.25, -0.2) is 4.79 Å². The molecule has 0 atom stereocenters. The second-order valence-corrected chi connectivity index (χ2v) is 6.00. The molecule has 0 aliphatic rings. The molecule has 2 aromatic carbocycles. The fourth-order valence-electron chi connectivity index (χ4n) is 2.46. The van der Waals surface area contributed by atoms with Gasteiger partial charge in [-0.3, -0.25) is 4.79 Å². The largest absolute Gasteiger partial charge is 0.493 e. The Hall–Kier alpha value is -2.82. The van der Waals surface area contributed by atoms with E-state index in [-0.39, 0.29) is 5.91 Å². The predicted octanol–water partition coefficient (Wildman–Crippen LogP) is 4.28. The first-order chi connectivity index (χ1) is 12.5. The third kappa shape index (κ3) is 5.62. The van der Waals surface area contributed by atoms with Crippen molar-refractivity contribution in [1.82, 2.24) is 0 Å². The molecular formula is C21H25NO4. The highest BCUT2D eigenvalue weighted by molar-refractivity contribution is 5.94. The van der Waals surface area contributed by atoms with Gasteiger partial charge in [-0.15, -0.1) is 0 Å². The Balaban J connectivity index is 1.79. The van der Waals surface area contributed by atoms with Gasteiger partial charge in [0.15, 0.2) is 0 Å². The lowest BCUT2D eigenvalue weighted by Gasteiger charge is -2.11. The lowest BCUT2D eigenvalue weighted by Crippen LogP contribution is -2.13. The van der Waals surface area contributed by atoms with Crippen LogP contribution in [0.2, 0.25) is 0 Å². The van der Waals surface area contributed by atoms with Gasteiger partial charge in [-0.2, -0.15) is 0 Å². The number of anilines is 1. The van der Waals surface area contributed by atoms with Gasteiger partial charge < -0.3 is 14.8 Å². The molecule has 0 aliphatic heterocycles. The summed E-state index contributed by atoms with van der Waals surface area (Å²) < 4.78 is 10.7. The smallest absolute Gasteiger partial charge is 0.338 e. The molecule has 0 radical (unpaired) electrons. The summed E-state index contributed by atoms with van der Waals surface area (Å²) in [7, 11) is 0. The average molecular weight is 355 g/mol. The van der Waals surface area contributed by atoms with Crippen molar-refractivity contribution in [3.63, 3.8) is 0 Å². The number of rotatable bonds is 8. The Morgan fingerprint density at radius 3 is 2.62 bits per heavy atom. The normalized spacial score (nSPS) is 10.3. The molecule has 1 amide bonds. The maximum Gasteiger partial charge on any atom is 0.338 e. The number of hydrogen-bond acceptors (Lipinski definition) is 4. The summed E-state index contributed by atoms with van der Waals surface area (Å²) in [4.78, 5) is 23.8. The Morgan fingerprint density at radius 1 is 1.08 bits per heavy atom. The molecule has 5 heteroatoms. The highest BCUT2D eigenvalue weighted by Crippen LogP contribution is 2.20. The van der Waals surface area contributed by atoms with Crippen molar-refractivity contribution in [3.05, 3.63) is 59.2 Å². The van der Waals surface area contributed by atoms with Gasteiger partial charge in [0.1, 0.15) is 5.75 Å². The van der Waals surface area contributed by atoms with Crippen LogP contribution < -0.4 is 10.1 Å². The van der Waals surface area contributed by atoms with Crippen molar-refractivity contribution in [1.29, 1.82) is 0 Å². The lowest BCUT2D eigenvalue weighted by atomic mass is 10.1. The van der Waals surface area contributed by atoms with Crippen LogP contribution in [0.5, 0.6) is 5.75 Å². The monoisotopic (exact) mass is 355 g/mol. The minimum atomic E-state index is -0.398. The average Bonchev–Trinajstić information content (AvgIpc) is 2.62. The molecule has 2 aromatic rings. The molecule has 0 heterocycles.